The van der Waals surface area contributed by atoms with Crippen molar-refractivity contribution in [1.29, 1.82) is 0 Å². The van der Waals surface area contributed by atoms with Gasteiger partial charge in [0.1, 0.15) is 12.1 Å². The predicted molar refractivity (Wildman–Crippen MR) is 155 cm³/mol. The predicted octanol–water partition coefficient (Wildman–Crippen LogP) is 6.34. The third kappa shape index (κ3) is 7.35. The van der Waals surface area contributed by atoms with Crippen molar-refractivity contribution < 1.29 is 27.4 Å². The van der Waals surface area contributed by atoms with Crippen LogP contribution in [0.4, 0.5) is 18.9 Å². The number of rotatable bonds is 8. The van der Waals surface area contributed by atoms with Gasteiger partial charge < -0.3 is 14.4 Å². The number of benzene rings is 3. The van der Waals surface area contributed by atoms with E-state index in [4.69, 9.17) is 4.74 Å². The van der Waals surface area contributed by atoms with Crippen LogP contribution in [-0.4, -0.2) is 57.4 Å². The minimum absolute atomic E-state index is 0.312. The lowest BCUT2D eigenvalue weighted by Gasteiger charge is -2.28. The number of carbonyl (C=O) groups is 1. The minimum atomic E-state index is -4.75. The van der Waals surface area contributed by atoms with Crippen LogP contribution in [0.3, 0.4) is 0 Å². The van der Waals surface area contributed by atoms with Gasteiger partial charge in [0, 0.05) is 23.5 Å². The Morgan fingerprint density at radius 2 is 1.74 bits per heavy atom. The number of amidine groups is 1. The van der Waals surface area contributed by atoms with Crippen molar-refractivity contribution >= 4 is 34.8 Å². The van der Waals surface area contributed by atoms with Gasteiger partial charge in [-0.05, 0) is 67.4 Å². The number of nitrogens with zero attached hydrogens (tertiary/aromatic N) is 6. The maximum Gasteiger partial charge on any atom is 0.573 e. The highest BCUT2D eigenvalue weighted by atomic mass is 32.2. The van der Waals surface area contributed by atoms with E-state index in [0.717, 1.165) is 40.7 Å². The van der Waals surface area contributed by atoms with Gasteiger partial charge in [0.05, 0.1) is 24.1 Å². The van der Waals surface area contributed by atoms with E-state index in [0.29, 0.717) is 23.7 Å². The van der Waals surface area contributed by atoms with Crippen molar-refractivity contribution in [3.05, 3.63) is 90.3 Å². The summed E-state index contributed by atoms with van der Waals surface area (Å²) in [7, 11) is 0. The summed E-state index contributed by atoms with van der Waals surface area (Å²) >= 11 is 1.62. The van der Waals surface area contributed by atoms with E-state index in [1.165, 1.54) is 35.3 Å². The van der Waals surface area contributed by atoms with Crippen LogP contribution in [0.5, 0.6) is 5.75 Å². The second-order valence-corrected chi connectivity index (χ2v) is 9.99. The Bertz CT molecular complexity index is 1570. The fourth-order valence-corrected chi connectivity index (χ4v) is 4.97. The number of esters is 1. The first-order valence-corrected chi connectivity index (χ1v) is 13.9. The molecule has 1 saturated heterocycles. The number of alkyl halides is 3. The number of halogens is 3. The average Bonchev–Trinajstić information content (AvgIpc) is 3.48. The van der Waals surface area contributed by atoms with E-state index < -0.39 is 6.36 Å². The zero-order valence-electron chi connectivity index (χ0n) is 22.4. The minimum Gasteiger partial charge on any atom is -0.462 e. The summed E-state index contributed by atoms with van der Waals surface area (Å²) in [4.78, 5) is 18.3. The van der Waals surface area contributed by atoms with Gasteiger partial charge in [-0.25, -0.2) is 14.5 Å². The summed E-state index contributed by atoms with van der Waals surface area (Å²) in [5.74, 6) is 0.732. The molecule has 3 aromatic carbocycles. The molecule has 1 aliphatic heterocycles. The van der Waals surface area contributed by atoms with E-state index in [1.54, 1.807) is 37.0 Å². The highest BCUT2D eigenvalue weighted by Gasteiger charge is 2.31. The summed E-state index contributed by atoms with van der Waals surface area (Å²) < 4.78 is 47.6. The quantitative estimate of drug-likeness (QED) is 0.133. The molecule has 4 aromatic rings. The van der Waals surface area contributed by atoms with Crippen molar-refractivity contribution in [2.24, 2.45) is 10.2 Å². The zero-order valence-corrected chi connectivity index (χ0v) is 23.2. The molecule has 0 unspecified atom stereocenters. The van der Waals surface area contributed by atoms with Gasteiger partial charge >= 0.3 is 12.3 Å². The van der Waals surface area contributed by atoms with Crippen molar-refractivity contribution in [3.63, 3.8) is 0 Å². The number of thioether (sulfide) groups is 1. The van der Waals surface area contributed by atoms with E-state index >= 15 is 0 Å². The molecule has 0 aliphatic carbocycles. The molecular formula is C29H25F3N6O3S. The Kier molecular flexibility index (Phi) is 8.86. The van der Waals surface area contributed by atoms with Gasteiger partial charge in [-0.15, -0.1) is 23.4 Å². The third-order valence-electron chi connectivity index (χ3n) is 6.02. The smallest absolute Gasteiger partial charge is 0.462 e. The van der Waals surface area contributed by atoms with Crippen LogP contribution in [0.1, 0.15) is 29.3 Å². The largest absolute Gasteiger partial charge is 0.573 e. The molecule has 1 fully saturated rings. The molecule has 2 heterocycles. The molecule has 9 nitrogen and oxygen atoms in total. The van der Waals surface area contributed by atoms with E-state index in [9.17, 15) is 18.0 Å². The molecule has 0 radical (unpaired) electrons. The molecule has 0 bridgehead atoms. The SMILES string of the molecule is CCOC(=O)c1ccc(N2CCCSC2=NN=Cc2ccc(-c3ncn(-c4ccc(OC(F)(F)F)cc4)n3)cc2)cc1. The van der Waals surface area contributed by atoms with Crippen LogP contribution in [-0.2, 0) is 4.74 Å². The number of aromatic nitrogens is 3. The highest BCUT2D eigenvalue weighted by molar-refractivity contribution is 8.14. The second-order valence-electron chi connectivity index (χ2n) is 8.92. The van der Waals surface area contributed by atoms with Gasteiger partial charge in [-0.1, -0.05) is 36.0 Å². The molecule has 1 aliphatic rings. The highest BCUT2D eigenvalue weighted by Crippen LogP contribution is 2.26. The Morgan fingerprint density at radius 3 is 2.43 bits per heavy atom. The maximum absolute atomic E-state index is 12.4. The second kappa shape index (κ2) is 12.9. The summed E-state index contributed by atoms with van der Waals surface area (Å²) in [6.45, 7) is 2.89. The monoisotopic (exact) mass is 594 g/mol. The van der Waals surface area contributed by atoms with Crippen molar-refractivity contribution in [2.75, 3.05) is 23.8 Å². The van der Waals surface area contributed by atoms with Crippen LogP contribution in [0.2, 0.25) is 0 Å². The van der Waals surface area contributed by atoms with Gasteiger partial charge in [0.2, 0.25) is 0 Å². The Morgan fingerprint density at radius 1 is 1.02 bits per heavy atom. The summed E-state index contributed by atoms with van der Waals surface area (Å²) in [6, 6.07) is 20.0. The van der Waals surface area contributed by atoms with Crippen LogP contribution in [0.15, 0.2) is 89.3 Å². The van der Waals surface area contributed by atoms with Crippen molar-refractivity contribution in [2.45, 2.75) is 19.7 Å². The van der Waals surface area contributed by atoms with E-state index in [2.05, 4.69) is 29.9 Å². The lowest BCUT2D eigenvalue weighted by Crippen LogP contribution is -2.33. The van der Waals surface area contributed by atoms with Gasteiger partial charge in [-0.2, -0.15) is 5.10 Å². The molecule has 13 heteroatoms. The molecule has 0 N–H and O–H groups in total. The van der Waals surface area contributed by atoms with Gasteiger partial charge in [0.25, 0.3) is 0 Å². The summed E-state index contributed by atoms with van der Waals surface area (Å²) in [5, 5.41) is 13.9. The molecule has 216 valence electrons. The fourth-order valence-electron chi connectivity index (χ4n) is 4.06. The number of hydrogen-bond donors (Lipinski definition) is 0. The van der Waals surface area contributed by atoms with Gasteiger partial charge in [0.15, 0.2) is 11.0 Å². The Hall–Kier alpha value is -4.65. The lowest BCUT2D eigenvalue weighted by atomic mass is 10.1. The van der Waals surface area contributed by atoms with Crippen LogP contribution in [0.25, 0.3) is 17.1 Å². The van der Waals surface area contributed by atoms with Gasteiger partial charge in [-0.3, -0.25) is 0 Å². The summed E-state index contributed by atoms with van der Waals surface area (Å²) in [5.41, 5.74) is 3.55. The molecule has 5 rings (SSSR count). The number of ether oxygens (including phenoxy) is 2. The first kappa shape index (κ1) is 28.9. The normalized spacial score (nSPS) is 14.9. The number of hydrogen-bond acceptors (Lipinski definition) is 8. The topological polar surface area (TPSA) is 94.2 Å². The van der Waals surface area contributed by atoms with Crippen molar-refractivity contribution in [1.82, 2.24) is 14.8 Å². The number of anilines is 1. The fraction of sp³-hybridized carbons (Fsp3) is 0.207. The van der Waals surface area contributed by atoms with Crippen LogP contribution < -0.4 is 9.64 Å². The van der Waals surface area contributed by atoms with E-state index in [1.807, 2.05) is 36.4 Å². The van der Waals surface area contributed by atoms with E-state index in [-0.39, 0.29) is 11.7 Å². The maximum atomic E-state index is 12.4. The molecule has 0 amide bonds. The van der Waals surface area contributed by atoms with Crippen LogP contribution >= 0.6 is 11.8 Å². The average molecular weight is 595 g/mol. The standard InChI is InChI=1S/C29H25F3N6O3S/c1-2-40-27(39)22-8-10-23(11-9-22)37-16-3-17-42-28(37)35-34-18-20-4-6-21(7-5-20)26-33-19-38(36-26)24-12-14-25(15-13-24)41-29(30,31)32/h4-15,18-19H,2-3,16-17H2,1H3. The number of carbonyl (C=O) groups excluding carboxylic acids is 1. The zero-order chi connectivity index (χ0) is 29.5. The molecule has 0 spiro atoms. The van der Waals surface area contributed by atoms with Crippen molar-refractivity contribution in [3.8, 4) is 22.8 Å². The third-order valence-corrected chi connectivity index (χ3v) is 7.08. The Balaban J connectivity index is 1.23. The molecule has 1 aromatic heterocycles. The first-order valence-electron chi connectivity index (χ1n) is 13.0. The lowest BCUT2D eigenvalue weighted by molar-refractivity contribution is -0.274. The molecule has 0 atom stereocenters. The van der Waals surface area contributed by atoms with Crippen LogP contribution in [0, 0.1) is 0 Å². The molecular weight excluding hydrogens is 569 g/mol. The molecule has 0 saturated carbocycles. The molecule has 42 heavy (non-hydrogen) atoms. The Labute approximate surface area is 243 Å². The summed E-state index contributed by atoms with van der Waals surface area (Å²) in [6.07, 6.45) is -0.611. The first-order chi connectivity index (χ1) is 20.3.